The first kappa shape index (κ1) is 16.3. The van der Waals surface area contributed by atoms with Crippen molar-refractivity contribution in [1.29, 1.82) is 0 Å². The van der Waals surface area contributed by atoms with Gasteiger partial charge in [0.2, 0.25) is 0 Å². The molecule has 0 fully saturated rings. The molecule has 0 unspecified atom stereocenters. The first-order valence-corrected chi connectivity index (χ1v) is 9.23. The van der Waals surface area contributed by atoms with Crippen molar-refractivity contribution in [2.45, 2.75) is 25.9 Å². The standard InChI is InChI=1S/C22H18BrFO/c23-20-12-19(11-16-6-7-17-8-9-18(17)10-16)21(24)13-22(20)25-14-15-4-2-1-3-5-15/h1-7,10,12-13H,8-9,11,14H2. The molecule has 1 aliphatic rings. The van der Waals surface area contributed by atoms with Crippen LogP contribution in [0.2, 0.25) is 0 Å². The molecule has 0 bridgehead atoms. The molecular formula is C22H18BrFO. The molecule has 3 heteroatoms. The van der Waals surface area contributed by atoms with Gasteiger partial charge in [-0.2, -0.15) is 0 Å². The summed E-state index contributed by atoms with van der Waals surface area (Å²) in [7, 11) is 0. The van der Waals surface area contributed by atoms with E-state index >= 15 is 0 Å². The summed E-state index contributed by atoms with van der Waals surface area (Å²) in [5.41, 5.74) is 5.72. The number of rotatable bonds is 5. The van der Waals surface area contributed by atoms with E-state index in [1.165, 1.54) is 23.6 Å². The second-order valence-corrected chi connectivity index (χ2v) is 7.28. The zero-order valence-corrected chi connectivity index (χ0v) is 15.4. The minimum Gasteiger partial charge on any atom is -0.488 e. The molecular weight excluding hydrogens is 379 g/mol. The zero-order chi connectivity index (χ0) is 17.2. The van der Waals surface area contributed by atoms with Gasteiger partial charge in [-0.25, -0.2) is 4.39 Å². The zero-order valence-electron chi connectivity index (χ0n) is 13.8. The van der Waals surface area contributed by atoms with Gasteiger partial charge in [-0.1, -0.05) is 48.5 Å². The number of hydrogen-bond donors (Lipinski definition) is 0. The molecule has 0 atom stereocenters. The maximum atomic E-state index is 14.5. The quantitative estimate of drug-likeness (QED) is 0.524. The van der Waals surface area contributed by atoms with Gasteiger partial charge >= 0.3 is 0 Å². The molecule has 0 aliphatic heterocycles. The molecule has 0 radical (unpaired) electrons. The van der Waals surface area contributed by atoms with Crippen LogP contribution >= 0.6 is 15.9 Å². The molecule has 0 saturated heterocycles. The lowest BCUT2D eigenvalue weighted by Crippen LogP contribution is -2.08. The van der Waals surface area contributed by atoms with Crippen molar-refractivity contribution in [3.05, 3.63) is 98.8 Å². The Balaban J connectivity index is 1.50. The number of halogens is 2. The van der Waals surface area contributed by atoms with Gasteiger partial charge in [0.15, 0.2) is 0 Å². The number of fused-ring (bicyclic) bond motifs is 1. The summed E-state index contributed by atoms with van der Waals surface area (Å²) in [6.07, 6.45) is 2.90. The van der Waals surface area contributed by atoms with Crippen LogP contribution in [-0.2, 0) is 25.9 Å². The normalized spacial score (nSPS) is 12.4. The average Bonchev–Trinajstić information content (AvgIpc) is 2.60. The van der Waals surface area contributed by atoms with Crippen LogP contribution < -0.4 is 4.74 Å². The number of aryl methyl sites for hydroxylation is 2. The van der Waals surface area contributed by atoms with E-state index in [-0.39, 0.29) is 5.82 Å². The molecule has 0 saturated carbocycles. The molecule has 25 heavy (non-hydrogen) atoms. The maximum Gasteiger partial charge on any atom is 0.136 e. The number of hydrogen-bond acceptors (Lipinski definition) is 1. The summed E-state index contributed by atoms with van der Waals surface area (Å²) < 4.78 is 21.1. The second-order valence-electron chi connectivity index (χ2n) is 6.43. The highest BCUT2D eigenvalue weighted by molar-refractivity contribution is 9.10. The fourth-order valence-electron chi connectivity index (χ4n) is 3.13. The van der Waals surface area contributed by atoms with E-state index in [4.69, 9.17) is 4.74 Å². The average molecular weight is 397 g/mol. The smallest absolute Gasteiger partial charge is 0.136 e. The van der Waals surface area contributed by atoms with Crippen LogP contribution in [0.4, 0.5) is 4.39 Å². The van der Waals surface area contributed by atoms with Crippen LogP contribution in [0.25, 0.3) is 0 Å². The van der Waals surface area contributed by atoms with E-state index in [1.807, 2.05) is 36.4 Å². The fraction of sp³-hybridized carbons (Fsp3) is 0.182. The second kappa shape index (κ2) is 7.01. The van der Waals surface area contributed by atoms with Crippen LogP contribution in [-0.4, -0.2) is 0 Å². The maximum absolute atomic E-state index is 14.5. The summed E-state index contributed by atoms with van der Waals surface area (Å²) >= 11 is 3.51. The minimum atomic E-state index is -0.228. The monoisotopic (exact) mass is 396 g/mol. The Hall–Kier alpha value is -2.13. The Labute approximate surface area is 155 Å². The molecule has 4 rings (SSSR count). The summed E-state index contributed by atoms with van der Waals surface area (Å²) in [4.78, 5) is 0. The number of ether oxygens (including phenoxy) is 1. The van der Waals surface area contributed by atoms with Crippen molar-refractivity contribution in [3.8, 4) is 5.75 Å². The van der Waals surface area contributed by atoms with Gasteiger partial charge < -0.3 is 4.74 Å². The van der Waals surface area contributed by atoms with Crippen molar-refractivity contribution < 1.29 is 9.13 Å². The van der Waals surface area contributed by atoms with Gasteiger partial charge in [0.05, 0.1) is 4.47 Å². The van der Waals surface area contributed by atoms with Crippen molar-refractivity contribution in [1.82, 2.24) is 0 Å². The third-order valence-electron chi connectivity index (χ3n) is 4.67. The lowest BCUT2D eigenvalue weighted by Gasteiger charge is -2.19. The van der Waals surface area contributed by atoms with Crippen LogP contribution in [0.1, 0.15) is 27.8 Å². The van der Waals surface area contributed by atoms with Crippen LogP contribution in [0.3, 0.4) is 0 Å². The van der Waals surface area contributed by atoms with Gasteiger partial charge in [-0.15, -0.1) is 0 Å². The predicted octanol–water partition coefficient (Wildman–Crippen LogP) is 5.86. The Bertz CT molecular complexity index is 905. The third-order valence-corrected chi connectivity index (χ3v) is 5.29. The fourth-order valence-corrected chi connectivity index (χ4v) is 3.63. The van der Waals surface area contributed by atoms with Crippen LogP contribution in [0, 0.1) is 5.82 Å². The van der Waals surface area contributed by atoms with Crippen molar-refractivity contribution >= 4 is 15.9 Å². The molecule has 0 spiro atoms. The number of benzene rings is 3. The van der Waals surface area contributed by atoms with Gasteiger partial charge in [0, 0.05) is 12.5 Å². The van der Waals surface area contributed by atoms with Gasteiger partial charge in [-0.3, -0.25) is 0 Å². The summed E-state index contributed by atoms with van der Waals surface area (Å²) in [6.45, 7) is 0.420. The minimum absolute atomic E-state index is 0.228. The van der Waals surface area contributed by atoms with Crippen molar-refractivity contribution in [2.24, 2.45) is 0 Å². The first-order chi connectivity index (χ1) is 12.2. The van der Waals surface area contributed by atoms with E-state index in [0.29, 0.717) is 24.3 Å². The Kier molecular flexibility index (Phi) is 4.58. The molecule has 0 N–H and O–H groups in total. The molecule has 3 aromatic carbocycles. The van der Waals surface area contributed by atoms with Crippen molar-refractivity contribution in [3.63, 3.8) is 0 Å². The van der Waals surface area contributed by atoms with Gasteiger partial charge in [0.1, 0.15) is 18.2 Å². The Morgan fingerprint density at radius 1 is 0.880 bits per heavy atom. The summed E-state index contributed by atoms with van der Waals surface area (Å²) in [6, 6.07) is 19.6. The van der Waals surface area contributed by atoms with E-state index in [2.05, 4.69) is 34.1 Å². The van der Waals surface area contributed by atoms with E-state index < -0.39 is 0 Å². The van der Waals surface area contributed by atoms with E-state index in [1.54, 1.807) is 0 Å². The molecule has 1 nitrogen and oxygen atoms in total. The highest BCUT2D eigenvalue weighted by Crippen LogP contribution is 2.31. The van der Waals surface area contributed by atoms with E-state index in [0.717, 1.165) is 22.0 Å². The first-order valence-electron chi connectivity index (χ1n) is 8.44. The van der Waals surface area contributed by atoms with Crippen LogP contribution in [0.5, 0.6) is 5.75 Å². The molecule has 1 aliphatic carbocycles. The Morgan fingerprint density at radius 2 is 1.68 bits per heavy atom. The molecule has 126 valence electrons. The lowest BCUT2D eigenvalue weighted by molar-refractivity contribution is 0.302. The third kappa shape index (κ3) is 3.62. The van der Waals surface area contributed by atoms with Gasteiger partial charge in [-0.05, 0) is 62.7 Å². The van der Waals surface area contributed by atoms with Gasteiger partial charge in [0.25, 0.3) is 0 Å². The molecule has 0 heterocycles. The van der Waals surface area contributed by atoms with Crippen molar-refractivity contribution in [2.75, 3.05) is 0 Å². The topological polar surface area (TPSA) is 9.23 Å². The summed E-state index contributed by atoms with van der Waals surface area (Å²) in [5.74, 6) is 0.302. The molecule has 0 amide bonds. The molecule has 3 aromatic rings. The highest BCUT2D eigenvalue weighted by atomic mass is 79.9. The highest BCUT2D eigenvalue weighted by Gasteiger charge is 2.15. The van der Waals surface area contributed by atoms with Crippen LogP contribution in [0.15, 0.2) is 65.1 Å². The lowest BCUT2D eigenvalue weighted by atomic mass is 9.86. The summed E-state index contributed by atoms with van der Waals surface area (Å²) in [5, 5.41) is 0. The molecule has 0 aromatic heterocycles. The predicted molar refractivity (Wildman–Crippen MR) is 102 cm³/mol. The Morgan fingerprint density at radius 3 is 2.40 bits per heavy atom. The largest absolute Gasteiger partial charge is 0.488 e. The van der Waals surface area contributed by atoms with E-state index in [9.17, 15) is 4.39 Å². The SMILES string of the molecule is Fc1cc(OCc2ccccc2)c(Br)cc1Cc1ccc2c(c1)CC2.